The Morgan fingerprint density at radius 2 is 1.80 bits per heavy atom. The number of para-hydroxylation sites is 2. The van der Waals surface area contributed by atoms with Crippen molar-refractivity contribution >= 4 is 22.7 Å². The zero-order chi connectivity index (χ0) is 17.6. The largest absolute Gasteiger partial charge is 0.482 e. The van der Waals surface area contributed by atoms with Gasteiger partial charge in [0.2, 0.25) is 5.78 Å². The number of aromatic amines is 1. The summed E-state index contributed by atoms with van der Waals surface area (Å²) in [5.74, 6) is -0.242. The van der Waals surface area contributed by atoms with Crippen LogP contribution in [0.1, 0.15) is 22.8 Å². The molecular formula is C20H19NO4. The summed E-state index contributed by atoms with van der Waals surface area (Å²) >= 11 is 0. The van der Waals surface area contributed by atoms with Gasteiger partial charge in [-0.1, -0.05) is 43.3 Å². The molecule has 1 aromatic heterocycles. The predicted octanol–water partition coefficient (Wildman–Crippen LogP) is 3.54. The van der Waals surface area contributed by atoms with Gasteiger partial charge in [0, 0.05) is 22.7 Å². The van der Waals surface area contributed by atoms with Crippen LogP contribution in [0.4, 0.5) is 0 Å². The van der Waals surface area contributed by atoms with E-state index in [0.717, 1.165) is 22.9 Å². The minimum Gasteiger partial charge on any atom is -0.482 e. The number of hydrogen-bond acceptors (Lipinski definition) is 4. The average molecular weight is 337 g/mol. The van der Waals surface area contributed by atoms with Crippen LogP contribution in [0.25, 0.3) is 10.9 Å². The van der Waals surface area contributed by atoms with Crippen molar-refractivity contribution in [2.24, 2.45) is 0 Å². The number of aromatic nitrogens is 1. The van der Waals surface area contributed by atoms with Gasteiger partial charge in [-0.2, -0.15) is 0 Å². The van der Waals surface area contributed by atoms with Crippen molar-refractivity contribution < 1.29 is 19.1 Å². The normalized spacial score (nSPS) is 10.6. The van der Waals surface area contributed by atoms with E-state index in [4.69, 9.17) is 9.47 Å². The molecule has 1 heterocycles. The summed E-state index contributed by atoms with van der Waals surface area (Å²) in [4.78, 5) is 27.2. The minimum atomic E-state index is -0.578. The second-order valence-corrected chi connectivity index (χ2v) is 5.58. The van der Waals surface area contributed by atoms with E-state index in [1.807, 2.05) is 36.4 Å². The van der Waals surface area contributed by atoms with Gasteiger partial charge in [0.05, 0.1) is 0 Å². The maximum absolute atomic E-state index is 12.4. The number of H-pyrrole nitrogens is 1. The molecule has 0 saturated heterocycles. The summed E-state index contributed by atoms with van der Waals surface area (Å²) in [7, 11) is 0. The van der Waals surface area contributed by atoms with Crippen molar-refractivity contribution in [2.45, 2.75) is 13.3 Å². The number of carbonyl (C=O) groups is 2. The van der Waals surface area contributed by atoms with Crippen LogP contribution in [0.15, 0.2) is 54.7 Å². The van der Waals surface area contributed by atoms with Crippen molar-refractivity contribution in [3.8, 4) is 5.75 Å². The molecule has 0 amide bonds. The molecule has 3 rings (SSSR count). The molecule has 128 valence electrons. The van der Waals surface area contributed by atoms with Crippen molar-refractivity contribution in [2.75, 3.05) is 13.2 Å². The van der Waals surface area contributed by atoms with Gasteiger partial charge >= 0.3 is 5.97 Å². The van der Waals surface area contributed by atoms with Crippen molar-refractivity contribution in [1.29, 1.82) is 0 Å². The molecule has 0 atom stereocenters. The lowest BCUT2D eigenvalue weighted by molar-refractivity contribution is -0.144. The molecule has 0 aliphatic rings. The highest BCUT2D eigenvalue weighted by Gasteiger charge is 2.15. The predicted molar refractivity (Wildman–Crippen MR) is 94.9 cm³/mol. The fourth-order valence-corrected chi connectivity index (χ4v) is 2.67. The number of fused-ring (bicyclic) bond motifs is 1. The lowest BCUT2D eigenvalue weighted by Crippen LogP contribution is -2.19. The van der Waals surface area contributed by atoms with Crippen molar-refractivity contribution in [3.63, 3.8) is 0 Å². The maximum atomic E-state index is 12.4. The van der Waals surface area contributed by atoms with Crippen molar-refractivity contribution in [1.82, 2.24) is 4.98 Å². The van der Waals surface area contributed by atoms with Gasteiger partial charge in [0.15, 0.2) is 13.2 Å². The molecule has 2 aromatic carbocycles. The third-order valence-electron chi connectivity index (χ3n) is 3.95. The Morgan fingerprint density at radius 1 is 1.00 bits per heavy atom. The van der Waals surface area contributed by atoms with E-state index in [1.54, 1.807) is 18.3 Å². The Bertz CT molecular complexity index is 883. The van der Waals surface area contributed by atoms with E-state index in [9.17, 15) is 9.59 Å². The molecule has 0 radical (unpaired) electrons. The first-order valence-corrected chi connectivity index (χ1v) is 8.14. The van der Waals surface area contributed by atoms with Gasteiger partial charge in [0.25, 0.3) is 0 Å². The van der Waals surface area contributed by atoms with Crippen molar-refractivity contribution in [3.05, 3.63) is 65.9 Å². The molecule has 0 spiro atoms. The zero-order valence-corrected chi connectivity index (χ0v) is 14.0. The number of ketones is 1. The Labute approximate surface area is 145 Å². The molecule has 0 bridgehead atoms. The van der Waals surface area contributed by atoms with Gasteiger partial charge in [-0.05, 0) is 24.1 Å². The fraction of sp³-hybridized carbons (Fsp3) is 0.200. The van der Waals surface area contributed by atoms with Crippen LogP contribution in [0.5, 0.6) is 5.75 Å². The monoisotopic (exact) mass is 337 g/mol. The lowest BCUT2D eigenvalue weighted by atomic mass is 10.1. The van der Waals surface area contributed by atoms with Crippen LogP contribution in [0, 0.1) is 0 Å². The molecule has 1 N–H and O–H groups in total. The first-order chi connectivity index (χ1) is 12.2. The molecule has 0 aliphatic carbocycles. The molecule has 5 nitrogen and oxygen atoms in total. The SMILES string of the molecule is CCc1cccc2c(C(=O)COC(=O)COc3ccccc3)c[nH]c12. The third-order valence-corrected chi connectivity index (χ3v) is 3.95. The molecule has 0 unspecified atom stereocenters. The van der Waals surface area contributed by atoms with E-state index in [1.165, 1.54) is 0 Å². The van der Waals surface area contributed by atoms with E-state index in [0.29, 0.717) is 11.3 Å². The van der Waals surface area contributed by atoms with E-state index in [-0.39, 0.29) is 19.0 Å². The van der Waals surface area contributed by atoms with E-state index >= 15 is 0 Å². The first-order valence-electron chi connectivity index (χ1n) is 8.14. The van der Waals surface area contributed by atoms with Gasteiger partial charge in [-0.25, -0.2) is 4.79 Å². The molecular weight excluding hydrogens is 318 g/mol. The molecule has 3 aromatic rings. The topological polar surface area (TPSA) is 68.4 Å². The van der Waals surface area contributed by atoms with E-state index in [2.05, 4.69) is 11.9 Å². The highest BCUT2D eigenvalue weighted by Crippen LogP contribution is 2.22. The second-order valence-electron chi connectivity index (χ2n) is 5.58. The smallest absolute Gasteiger partial charge is 0.344 e. The number of ether oxygens (including phenoxy) is 2. The summed E-state index contributed by atoms with van der Waals surface area (Å²) < 4.78 is 10.3. The summed E-state index contributed by atoms with van der Waals surface area (Å²) in [6.07, 6.45) is 2.54. The summed E-state index contributed by atoms with van der Waals surface area (Å²) in [5, 5.41) is 0.848. The number of rotatable bonds is 7. The zero-order valence-electron chi connectivity index (χ0n) is 14.0. The van der Waals surface area contributed by atoms with Gasteiger partial charge in [0.1, 0.15) is 5.75 Å². The molecule has 0 saturated carbocycles. The van der Waals surface area contributed by atoms with Crippen LogP contribution in [0.3, 0.4) is 0 Å². The number of nitrogens with one attached hydrogen (secondary N) is 1. The van der Waals surface area contributed by atoms with E-state index < -0.39 is 5.97 Å². The van der Waals surface area contributed by atoms with Crippen LogP contribution in [0.2, 0.25) is 0 Å². The Hall–Kier alpha value is -3.08. The Morgan fingerprint density at radius 3 is 2.56 bits per heavy atom. The minimum absolute atomic E-state index is 0.231. The number of hydrogen-bond donors (Lipinski definition) is 1. The highest BCUT2D eigenvalue weighted by atomic mass is 16.6. The number of aryl methyl sites for hydroxylation is 1. The molecule has 0 fully saturated rings. The average Bonchev–Trinajstić information content (AvgIpc) is 3.09. The van der Waals surface area contributed by atoms with Gasteiger partial charge in [-0.3, -0.25) is 4.79 Å². The van der Waals surface area contributed by atoms with Gasteiger partial charge in [-0.15, -0.1) is 0 Å². The van der Waals surface area contributed by atoms with Crippen LogP contribution in [-0.4, -0.2) is 30.0 Å². The highest BCUT2D eigenvalue weighted by molar-refractivity contribution is 6.09. The maximum Gasteiger partial charge on any atom is 0.344 e. The standard InChI is InChI=1S/C20H19NO4/c1-2-14-7-6-10-16-17(11-21-20(14)16)18(22)12-25-19(23)13-24-15-8-4-3-5-9-15/h3-11,21H,2,12-13H2,1H3. The quantitative estimate of drug-likeness (QED) is 0.529. The third kappa shape index (κ3) is 3.88. The lowest BCUT2D eigenvalue weighted by Gasteiger charge is -2.06. The summed E-state index contributed by atoms with van der Waals surface area (Å²) in [6, 6.07) is 14.8. The van der Waals surface area contributed by atoms with Crippen LogP contribution >= 0.6 is 0 Å². The van der Waals surface area contributed by atoms with Crippen LogP contribution < -0.4 is 4.74 Å². The second kappa shape index (κ2) is 7.66. The number of carbonyl (C=O) groups excluding carboxylic acids is 2. The van der Waals surface area contributed by atoms with Crippen LogP contribution in [-0.2, 0) is 16.0 Å². The number of Topliss-reactive ketones (excluding diaryl/α,β-unsaturated/α-hetero) is 1. The Balaban J connectivity index is 1.58. The number of benzene rings is 2. The molecule has 5 heteroatoms. The first kappa shape index (κ1) is 16.8. The Kier molecular flexibility index (Phi) is 5.14. The fourth-order valence-electron chi connectivity index (χ4n) is 2.67. The van der Waals surface area contributed by atoms with Gasteiger partial charge < -0.3 is 14.5 Å². The molecule has 25 heavy (non-hydrogen) atoms. The summed E-state index contributed by atoms with van der Waals surface area (Å²) in [6.45, 7) is 1.52. The number of esters is 1. The summed E-state index contributed by atoms with van der Waals surface area (Å²) in [5.41, 5.74) is 2.62. The molecule has 0 aliphatic heterocycles.